The summed E-state index contributed by atoms with van der Waals surface area (Å²) in [6, 6.07) is 14.3. The van der Waals surface area contributed by atoms with Gasteiger partial charge >= 0.3 is 5.63 Å². The maximum Gasteiger partial charge on any atom is 0.336 e. The highest BCUT2D eigenvalue weighted by molar-refractivity contribution is 6.31. The van der Waals surface area contributed by atoms with Crippen LogP contribution < -0.4 is 10.4 Å². The highest BCUT2D eigenvalue weighted by Gasteiger charge is 2.69. The molecule has 0 radical (unpaired) electrons. The molecule has 1 fully saturated rings. The predicted octanol–water partition coefficient (Wildman–Crippen LogP) is 4.51. The molecule has 2 unspecified atom stereocenters. The van der Waals surface area contributed by atoms with Crippen molar-refractivity contribution in [3.8, 4) is 17.9 Å². The Kier molecular flexibility index (Phi) is 4.10. The van der Waals surface area contributed by atoms with E-state index >= 15 is 0 Å². The van der Waals surface area contributed by atoms with Crippen LogP contribution in [0.2, 0.25) is 5.02 Å². The highest BCUT2D eigenvalue weighted by Crippen LogP contribution is 2.71. The van der Waals surface area contributed by atoms with Gasteiger partial charge in [-0.3, -0.25) is 0 Å². The maximum atomic E-state index is 14.6. The Bertz CT molecular complexity index is 1220. The molecule has 2 aromatic carbocycles. The Hall–Kier alpha value is -3.35. The topological polar surface area (TPSA) is 87.0 Å². The van der Waals surface area contributed by atoms with E-state index in [0.29, 0.717) is 22.3 Å². The van der Waals surface area contributed by atoms with Crippen molar-refractivity contribution in [1.29, 1.82) is 10.5 Å². The van der Waals surface area contributed by atoms with Gasteiger partial charge in [-0.15, -0.1) is 0 Å². The van der Waals surface area contributed by atoms with Crippen LogP contribution in [-0.2, 0) is 0 Å². The maximum absolute atomic E-state index is 14.6. The van der Waals surface area contributed by atoms with Crippen molar-refractivity contribution in [2.45, 2.75) is 11.8 Å². The fraction of sp³-hybridized carbons (Fsp3) is 0.190. The first-order valence-corrected chi connectivity index (χ1v) is 8.73. The summed E-state index contributed by atoms with van der Waals surface area (Å²) in [6.07, 6.45) is 0. The third-order valence-electron chi connectivity index (χ3n) is 5.20. The first-order valence-electron chi connectivity index (χ1n) is 8.35. The number of ether oxygens (including phenoxy) is 1. The van der Waals surface area contributed by atoms with E-state index in [1.165, 1.54) is 31.4 Å². The van der Waals surface area contributed by atoms with Crippen LogP contribution in [0.25, 0.3) is 11.0 Å². The Morgan fingerprint density at radius 1 is 1.18 bits per heavy atom. The molecule has 0 bridgehead atoms. The van der Waals surface area contributed by atoms with Crippen LogP contribution in [0.3, 0.4) is 0 Å². The molecule has 0 aliphatic heterocycles. The van der Waals surface area contributed by atoms with Crippen molar-refractivity contribution in [2.75, 3.05) is 7.11 Å². The molecule has 2 atom stereocenters. The third kappa shape index (κ3) is 2.46. The van der Waals surface area contributed by atoms with E-state index in [-0.39, 0.29) is 10.6 Å². The van der Waals surface area contributed by atoms with Gasteiger partial charge in [-0.2, -0.15) is 10.5 Å². The fourth-order valence-electron chi connectivity index (χ4n) is 3.87. The molecule has 0 N–H and O–H groups in total. The monoisotopic (exact) mass is 394 g/mol. The van der Waals surface area contributed by atoms with Crippen LogP contribution in [0.4, 0.5) is 4.39 Å². The molecule has 1 saturated carbocycles. The summed E-state index contributed by atoms with van der Waals surface area (Å²) in [4.78, 5) is 12.1. The number of rotatable bonds is 3. The van der Waals surface area contributed by atoms with Crippen molar-refractivity contribution >= 4 is 22.6 Å². The Balaban J connectivity index is 2.00. The van der Waals surface area contributed by atoms with Crippen molar-refractivity contribution in [2.24, 2.45) is 5.41 Å². The normalized spacial score (nSPS) is 19.6. The first kappa shape index (κ1) is 18.0. The smallest absolute Gasteiger partial charge is 0.336 e. The second kappa shape index (κ2) is 6.37. The SMILES string of the molecule is COc1ccc2oc(=O)cc(C3C(c4c(F)cccc4Cl)C3(C#N)C#N)c2c1. The van der Waals surface area contributed by atoms with Gasteiger partial charge in [0.15, 0.2) is 5.41 Å². The number of hydrogen-bond donors (Lipinski definition) is 0. The van der Waals surface area contributed by atoms with Crippen molar-refractivity contribution < 1.29 is 13.5 Å². The third-order valence-corrected chi connectivity index (χ3v) is 5.53. The zero-order chi connectivity index (χ0) is 20.1. The van der Waals surface area contributed by atoms with Gasteiger partial charge in [0.25, 0.3) is 0 Å². The van der Waals surface area contributed by atoms with E-state index in [9.17, 15) is 19.7 Å². The van der Waals surface area contributed by atoms with Crippen LogP contribution in [0.1, 0.15) is 23.0 Å². The molecule has 1 aliphatic rings. The van der Waals surface area contributed by atoms with Crippen molar-refractivity contribution in [3.63, 3.8) is 0 Å². The van der Waals surface area contributed by atoms with Gasteiger partial charge in [0.05, 0.1) is 19.2 Å². The van der Waals surface area contributed by atoms with Gasteiger partial charge in [-0.05, 0) is 35.9 Å². The molecule has 0 saturated heterocycles. The Morgan fingerprint density at radius 3 is 2.57 bits per heavy atom. The van der Waals surface area contributed by atoms with Crippen molar-refractivity contribution in [3.05, 3.63) is 74.9 Å². The number of nitriles is 2. The quantitative estimate of drug-likeness (QED) is 0.610. The lowest BCUT2D eigenvalue weighted by Crippen LogP contribution is -2.03. The van der Waals surface area contributed by atoms with Gasteiger partial charge in [0.1, 0.15) is 17.1 Å². The molecule has 3 aromatic rings. The number of fused-ring (bicyclic) bond motifs is 1. The number of nitrogens with zero attached hydrogens (tertiary/aromatic N) is 2. The van der Waals surface area contributed by atoms with E-state index in [0.717, 1.165) is 0 Å². The molecule has 28 heavy (non-hydrogen) atoms. The van der Waals surface area contributed by atoms with Crippen LogP contribution in [-0.4, -0.2) is 7.11 Å². The number of halogens is 2. The van der Waals surface area contributed by atoms with Gasteiger partial charge < -0.3 is 9.15 Å². The summed E-state index contributed by atoms with van der Waals surface area (Å²) >= 11 is 6.20. The zero-order valence-electron chi connectivity index (χ0n) is 14.6. The molecule has 0 amide bonds. The van der Waals surface area contributed by atoms with E-state index in [1.54, 1.807) is 18.2 Å². The fourth-order valence-corrected chi connectivity index (χ4v) is 4.15. The second-order valence-corrected chi connectivity index (χ2v) is 6.97. The largest absolute Gasteiger partial charge is 0.497 e. The summed E-state index contributed by atoms with van der Waals surface area (Å²) in [5.41, 5.74) is -1.35. The van der Waals surface area contributed by atoms with Gasteiger partial charge in [-0.1, -0.05) is 17.7 Å². The molecular weight excluding hydrogens is 383 g/mol. The number of methoxy groups -OCH3 is 1. The lowest BCUT2D eigenvalue weighted by atomic mass is 9.99. The minimum absolute atomic E-state index is 0.0987. The van der Waals surface area contributed by atoms with Crippen molar-refractivity contribution in [1.82, 2.24) is 0 Å². The van der Waals surface area contributed by atoms with Crippen LogP contribution in [0.15, 0.2) is 51.7 Å². The van der Waals surface area contributed by atoms with Crippen LogP contribution in [0, 0.1) is 33.9 Å². The molecule has 1 aliphatic carbocycles. The molecular formula is C21H12ClFN2O3. The minimum Gasteiger partial charge on any atom is -0.497 e. The standard InChI is InChI=1S/C21H12ClFN2O3/c1-27-11-5-6-16-12(7-11)13(8-17(26)28-16)19-20(21(19,9-24)10-25)18-14(22)3-2-4-15(18)23/h2-8,19-20H,1H3. The Labute approximate surface area is 164 Å². The molecule has 4 rings (SSSR count). The highest BCUT2D eigenvalue weighted by atomic mass is 35.5. The molecule has 138 valence electrons. The second-order valence-electron chi connectivity index (χ2n) is 6.57. The summed E-state index contributed by atoms with van der Waals surface area (Å²) in [5, 5.41) is 20.2. The van der Waals surface area contributed by atoms with E-state index in [2.05, 4.69) is 0 Å². The first-order chi connectivity index (χ1) is 13.5. The van der Waals surface area contributed by atoms with E-state index in [1.807, 2.05) is 12.1 Å². The molecule has 5 nitrogen and oxygen atoms in total. The predicted molar refractivity (Wildman–Crippen MR) is 99.6 cm³/mol. The molecule has 1 aromatic heterocycles. The summed E-state index contributed by atoms with van der Waals surface area (Å²) in [6.45, 7) is 0. The summed E-state index contributed by atoms with van der Waals surface area (Å²) < 4.78 is 25.0. The van der Waals surface area contributed by atoms with Gasteiger partial charge in [0, 0.05) is 33.9 Å². The zero-order valence-corrected chi connectivity index (χ0v) is 15.3. The van der Waals surface area contributed by atoms with Crippen LogP contribution in [0.5, 0.6) is 5.75 Å². The molecule has 7 heteroatoms. The van der Waals surface area contributed by atoms with Gasteiger partial charge in [-0.25, -0.2) is 9.18 Å². The van der Waals surface area contributed by atoms with E-state index < -0.39 is 28.7 Å². The Morgan fingerprint density at radius 2 is 1.93 bits per heavy atom. The minimum atomic E-state index is -1.55. The average molecular weight is 395 g/mol. The molecule has 1 heterocycles. The average Bonchev–Trinajstić information content (AvgIpc) is 3.35. The van der Waals surface area contributed by atoms with E-state index in [4.69, 9.17) is 20.8 Å². The molecule has 0 spiro atoms. The summed E-state index contributed by atoms with van der Waals surface area (Å²) in [7, 11) is 1.49. The van der Waals surface area contributed by atoms with Crippen LogP contribution >= 0.6 is 11.6 Å². The number of hydrogen-bond acceptors (Lipinski definition) is 5. The lowest BCUT2D eigenvalue weighted by molar-refractivity contribution is 0.415. The number of benzene rings is 2. The summed E-state index contributed by atoms with van der Waals surface area (Å²) in [5.74, 6) is -1.63. The van der Waals surface area contributed by atoms with Gasteiger partial charge in [0.2, 0.25) is 0 Å². The lowest BCUT2D eigenvalue weighted by Gasteiger charge is -2.08.